The lowest BCUT2D eigenvalue weighted by Crippen LogP contribution is -2.29. The lowest BCUT2D eigenvalue weighted by atomic mass is 9.90. The molecule has 6 rings (SSSR count). The number of hydrogen-bond acceptors (Lipinski definition) is 2. The van der Waals surface area contributed by atoms with Crippen molar-refractivity contribution in [3.63, 3.8) is 0 Å². The van der Waals surface area contributed by atoms with Crippen molar-refractivity contribution >= 4 is 17.7 Å². The van der Waals surface area contributed by atoms with Crippen molar-refractivity contribution in [3.05, 3.63) is 128 Å². The summed E-state index contributed by atoms with van der Waals surface area (Å²) >= 11 is 0. The third-order valence-electron chi connectivity index (χ3n) is 10.6. The van der Waals surface area contributed by atoms with Gasteiger partial charge in [-0.15, -0.1) is 12.3 Å². The third kappa shape index (κ3) is 8.29. The quantitative estimate of drug-likeness (QED) is 0.148. The van der Waals surface area contributed by atoms with E-state index in [-0.39, 0.29) is 0 Å². The Balaban J connectivity index is 1.03. The Labute approximate surface area is 293 Å². The number of aryl methyl sites for hydroxylation is 2. The smallest absolute Gasteiger partial charge is 0.335 e. The molecule has 250 valence electrons. The molecule has 0 bridgehead atoms. The first-order valence-electron chi connectivity index (χ1n) is 18.2. The van der Waals surface area contributed by atoms with E-state index in [1.54, 1.807) is 0 Å². The highest BCUT2D eigenvalue weighted by Crippen LogP contribution is 2.40. The molecule has 2 aliphatic carbocycles. The Morgan fingerprint density at radius 1 is 0.898 bits per heavy atom. The van der Waals surface area contributed by atoms with Gasteiger partial charge in [-0.05, 0) is 147 Å². The van der Waals surface area contributed by atoms with Crippen LogP contribution in [0.25, 0.3) is 6.08 Å². The number of carboxylic acids is 1. The van der Waals surface area contributed by atoms with Gasteiger partial charge in [-0.3, -0.25) is 0 Å². The van der Waals surface area contributed by atoms with Gasteiger partial charge >= 0.3 is 5.97 Å². The standard InChI is InChI=1S/C46H49NO2/c1-4-5-6-7-8-9-10-16-35-22-23-37(33(2)27-35)17-11-14-20-41-31-42(32-44(41)46(48)49)47-26-15-21-43-34(3)38(24-25-45(43)47)28-36-29-39-18-12-13-19-40(39)30-36/h1,12-13,18-19,22-25,27,29,32H,5-9,11,14-15,17,20-21,26,28,30-31H2,2-3H3,(H,48,49). The van der Waals surface area contributed by atoms with Crippen LogP contribution < -0.4 is 4.90 Å². The first-order valence-corrected chi connectivity index (χ1v) is 18.2. The lowest BCUT2D eigenvalue weighted by Gasteiger charge is -2.34. The van der Waals surface area contributed by atoms with Crippen LogP contribution >= 0.6 is 0 Å². The monoisotopic (exact) mass is 647 g/mol. The van der Waals surface area contributed by atoms with Crippen molar-refractivity contribution < 1.29 is 9.90 Å². The molecule has 49 heavy (non-hydrogen) atoms. The molecule has 3 heteroatoms. The van der Waals surface area contributed by atoms with E-state index in [9.17, 15) is 9.90 Å². The fourth-order valence-electron chi connectivity index (χ4n) is 7.83. The van der Waals surface area contributed by atoms with E-state index in [0.717, 1.165) is 113 Å². The highest BCUT2D eigenvalue weighted by Gasteiger charge is 2.28. The molecule has 0 fully saturated rings. The van der Waals surface area contributed by atoms with Gasteiger partial charge < -0.3 is 10.0 Å². The fraction of sp³-hybridized carbons (Fsp3) is 0.370. The van der Waals surface area contributed by atoms with E-state index in [0.29, 0.717) is 5.57 Å². The number of carbonyl (C=O) groups is 1. The van der Waals surface area contributed by atoms with Gasteiger partial charge in [0, 0.05) is 42.8 Å². The van der Waals surface area contributed by atoms with Gasteiger partial charge in [0.25, 0.3) is 0 Å². The molecule has 1 N–H and O–H groups in total. The molecule has 0 aromatic heterocycles. The van der Waals surface area contributed by atoms with Crippen LogP contribution in [0.15, 0.2) is 83.1 Å². The van der Waals surface area contributed by atoms with Gasteiger partial charge in [-0.25, -0.2) is 4.79 Å². The summed E-state index contributed by atoms with van der Waals surface area (Å²) in [6, 6.07) is 19.9. The number of nitrogens with zero attached hydrogens (tertiary/aromatic N) is 1. The second kappa shape index (κ2) is 16.1. The molecule has 3 nitrogen and oxygen atoms in total. The van der Waals surface area contributed by atoms with Crippen LogP contribution in [0.2, 0.25) is 0 Å². The topological polar surface area (TPSA) is 40.5 Å². The Morgan fingerprint density at radius 3 is 2.53 bits per heavy atom. The van der Waals surface area contributed by atoms with E-state index in [4.69, 9.17) is 6.42 Å². The lowest BCUT2D eigenvalue weighted by molar-refractivity contribution is -0.132. The molecule has 0 atom stereocenters. The van der Waals surface area contributed by atoms with Crippen LogP contribution in [0.1, 0.15) is 109 Å². The molecule has 1 aliphatic heterocycles. The zero-order chi connectivity index (χ0) is 34.2. The summed E-state index contributed by atoms with van der Waals surface area (Å²) < 4.78 is 0. The Morgan fingerprint density at radius 2 is 1.71 bits per heavy atom. The third-order valence-corrected chi connectivity index (χ3v) is 10.6. The highest BCUT2D eigenvalue weighted by molar-refractivity contribution is 5.92. The SMILES string of the molecule is C#CCCCCCC#Cc1ccc(CCCCC2=C(C(=O)O)C=C(N3CCCc4c3ccc(CC3=Cc5ccccc5C3)c4C)C2)c(C)c1. The summed E-state index contributed by atoms with van der Waals surface area (Å²) in [7, 11) is 0. The van der Waals surface area contributed by atoms with Gasteiger partial charge in [-0.2, -0.15) is 0 Å². The van der Waals surface area contributed by atoms with Crippen molar-refractivity contribution in [2.45, 2.75) is 104 Å². The van der Waals surface area contributed by atoms with Crippen molar-refractivity contribution in [1.82, 2.24) is 0 Å². The highest BCUT2D eigenvalue weighted by atomic mass is 16.4. The fourth-order valence-corrected chi connectivity index (χ4v) is 7.83. The molecule has 3 aromatic carbocycles. The zero-order valence-corrected chi connectivity index (χ0v) is 29.3. The van der Waals surface area contributed by atoms with Crippen molar-refractivity contribution in [2.75, 3.05) is 11.4 Å². The number of benzene rings is 3. The van der Waals surface area contributed by atoms with E-state index in [1.807, 2.05) is 6.08 Å². The Bertz CT molecular complexity index is 1920. The van der Waals surface area contributed by atoms with Crippen molar-refractivity contribution in [2.24, 2.45) is 0 Å². The number of allylic oxidation sites excluding steroid dienone is 2. The van der Waals surface area contributed by atoms with Crippen LogP contribution in [0.5, 0.6) is 0 Å². The van der Waals surface area contributed by atoms with E-state index in [1.165, 1.54) is 50.2 Å². The maximum Gasteiger partial charge on any atom is 0.335 e. The second-order valence-corrected chi connectivity index (χ2v) is 14.0. The molecule has 0 unspecified atom stereocenters. The molecule has 0 spiro atoms. The summed E-state index contributed by atoms with van der Waals surface area (Å²) in [6.45, 7) is 5.39. The molecule has 0 amide bonds. The number of carboxylic acid groups (broad SMARTS) is 1. The van der Waals surface area contributed by atoms with Gasteiger partial charge in [0.05, 0.1) is 5.57 Å². The molecular formula is C46H49NO2. The van der Waals surface area contributed by atoms with Crippen molar-refractivity contribution in [1.29, 1.82) is 0 Å². The van der Waals surface area contributed by atoms with Crippen molar-refractivity contribution in [3.8, 4) is 24.2 Å². The summed E-state index contributed by atoms with van der Waals surface area (Å²) in [5.41, 5.74) is 16.2. The summed E-state index contributed by atoms with van der Waals surface area (Å²) in [6.07, 6.45) is 23.5. The molecular weight excluding hydrogens is 599 g/mol. The number of terminal acetylenes is 1. The van der Waals surface area contributed by atoms with Gasteiger partial charge in [0.2, 0.25) is 0 Å². The van der Waals surface area contributed by atoms with E-state index >= 15 is 0 Å². The van der Waals surface area contributed by atoms with Crippen LogP contribution in [0, 0.1) is 38.0 Å². The maximum atomic E-state index is 12.4. The normalized spacial score (nSPS) is 14.8. The minimum atomic E-state index is -0.806. The predicted molar refractivity (Wildman–Crippen MR) is 204 cm³/mol. The van der Waals surface area contributed by atoms with Gasteiger partial charge in [0.1, 0.15) is 0 Å². The molecule has 0 saturated carbocycles. The number of aliphatic carboxylic acids is 1. The Hall–Kier alpha value is -4.73. The predicted octanol–water partition coefficient (Wildman–Crippen LogP) is 10.3. The minimum absolute atomic E-state index is 0.498. The van der Waals surface area contributed by atoms with Crippen LogP contribution in [-0.4, -0.2) is 17.6 Å². The van der Waals surface area contributed by atoms with Crippen LogP contribution in [0.4, 0.5) is 5.69 Å². The number of hydrogen-bond donors (Lipinski definition) is 1. The molecule has 3 aliphatic rings. The van der Waals surface area contributed by atoms with Crippen LogP contribution in [-0.2, 0) is 30.5 Å². The Kier molecular flexibility index (Phi) is 11.2. The number of fused-ring (bicyclic) bond motifs is 2. The average molecular weight is 648 g/mol. The largest absolute Gasteiger partial charge is 0.478 e. The van der Waals surface area contributed by atoms with E-state index in [2.05, 4.69) is 97.2 Å². The molecule has 0 saturated heterocycles. The van der Waals surface area contributed by atoms with E-state index < -0.39 is 5.97 Å². The minimum Gasteiger partial charge on any atom is -0.478 e. The van der Waals surface area contributed by atoms with Gasteiger partial charge in [0.15, 0.2) is 0 Å². The molecule has 0 radical (unpaired) electrons. The molecule has 1 heterocycles. The average Bonchev–Trinajstić information content (AvgIpc) is 3.72. The van der Waals surface area contributed by atoms with Crippen LogP contribution in [0.3, 0.4) is 0 Å². The first-order chi connectivity index (χ1) is 23.9. The zero-order valence-electron chi connectivity index (χ0n) is 29.3. The summed E-state index contributed by atoms with van der Waals surface area (Å²) in [5, 5.41) is 10.2. The first kappa shape index (κ1) is 34.1. The number of rotatable bonds is 13. The maximum absolute atomic E-state index is 12.4. The van der Waals surface area contributed by atoms with Gasteiger partial charge in [-0.1, -0.05) is 66.3 Å². The second-order valence-electron chi connectivity index (χ2n) is 14.0. The number of unbranched alkanes of at least 4 members (excludes halogenated alkanes) is 5. The number of anilines is 1. The summed E-state index contributed by atoms with van der Waals surface area (Å²) in [5.74, 6) is 8.52. The molecule has 3 aromatic rings. The summed E-state index contributed by atoms with van der Waals surface area (Å²) in [4.78, 5) is 14.8.